The predicted molar refractivity (Wildman–Crippen MR) is 71.4 cm³/mol. The lowest BCUT2D eigenvalue weighted by Crippen LogP contribution is -2.36. The second-order valence-electron chi connectivity index (χ2n) is 5.19. The molecule has 1 aromatic heterocycles. The Bertz CT molecular complexity index is 720. The van der Waals surface area contributed by atoms with E-state index in [1.165, 1.54) is 0 Å². The third-order valence-corrected chi connectivity index (χ3v) is 6.58. The molecule has 5 atom stereocenters. The Labute approximate surface area is 140 Å². The highest BCUT2D eigenvalue weighted by atomic mass is 31.3. The number of ether oxygens (including phenoxy) is 1. The molecular formula is C10H13N2O11P2-3. The van der Waals surface area contributed by atoms with Crippen molar-refractivity contribution < 1.29 is 48.7 Å². The molecular weight excluding hydrogens is 386 g/mol. The fourth-order valence-electron chi connectivity index (χ4n) is 2.14. The Morgan fingerprint density at radius 2 is 2.00 bits per heavy atom. The van der Waals surface area contributed by atoms with Gasteiger partial charge in [-0.25, -0.2) is 9.78 Å². The van der Waals surface area contributed by atoms with Crippen LogP contribution in [0, 0.1) is 0 Å². The summed E-state index contributed by atoms with van der Waals surface area (Å²) in [5, 5.41) is 30.7. The summed E-state index contributed by atoms with van der Waals surface area (Å²) in [5.41, 5.74) is -1.06. The third-order valence-electron chi connectivity index (χ3n) is 3.21. The first-order chi connectivity index (χ1) is 11.4. The van der Waals surface area contributed by atoms with Crippen LogP contribution in [-0.2, 0) is 13.8 Å². The standard InChI is InChI=1S/C10H16N2O11P2/c13-6-1-2-12(10(16)11-6)9-8(15)7(14)5(23-9)3-22-25(20,21)4-24(17,18)19/h1-2,5,7-9,14-15H,3-4H2,(H,20,21)(H,11,13,16)(H2,17,18,19)/p-3/t5-,7-,8-,9-/m1/s1. The van der Waals surface area contributed by atoms with Crippen LogP contribution in [-0.4, -0.2) is 55.5 Å². The summed E-state index contributed by atoms with van der Waals surface area (Å²) in [6, 6.07) is 0.912. The molecule has 1 aromatic rings. The first kappa shape index (κ1) is 20.3. The molecule has 1 saturated heterocycles. The van der Waals surface area contributed by atoms with Crippen LogP contribution < -0.4 is 25.5 Å². The quantitative estimate of drug-likeness (QED) is 0.382. The highest BCUT2D eigenvalue weighted by Gasteiger charge is 2.45. The molecule has 25 heavy (non-hydrogen) atoms. The molecule has 15 heteroatoms. The minimum Gasteiger partial charge on any atom is -0.858 e. The van der Waals surface area contributed by atoms with Crippen molar-refractivity contribution >= 4 is 15.5 Å². The summed E-state index contributed by atoms with van der Waals surface area (Å²) in [5.74, 6) is -2.47. The first-order valence-electron chi connectivity index (χ1n) is 6.65. The minimum atomic E-state index is -5.32. The zero-order valence-electron chi connectivity index (χ0n) is 12.3. The maximum atomic E-state index is 11.6. The Morgan fingerprint density at radius 3 is 2.56 bits per heavy atom. The molecule has 0 amide bonds. The van der Waals surface area contributed by atoms with Gasteiger partial charge in [0.1, 0.15) is 24.2 Å². The van der Waals surface area contributed by atoms with Gasteiger partial charge in [-0.2, -0.15) is 7.94 Å². The van der Waals surface area contributed by atoms with Gasteiger partial charge in [-0.05, 0) is 11.9 Å². The van der Waals surface area contributed by atoms with Gasteiger partial charge in [-0.1, -0.05) is 0 Å². The van der Waals surface area contributed by atoms with Crippen molar-refractivity contribution in [3.63, 3.8) is 0 Å². The van der Waals surface area contributed by atoms with Crippen LogP contribution in [0.4, 0.5) is 0 Å². The van der Waals surface area contributed by atoms with Crippen molar-refractivity contribution in [1.82, 2.24) is 9.55 Å². The van der Waals surface area contributed by atoms with E-state index in [2.05, 4.69) is 9.51 Å². The maximum Gasteiger partial charge on any atom is 0.363 e. The number of hydrogen-bond acceptors (Lipinski definition) is 11. The second-order valence-corrected chi connectivity index (χ2v) is 9.07. The van der Waals surface area contributed by atoms with Crippen LogP contribution >= 0.6 is 15.5 Å². The van der Waals surface area contributed by atoms with Gasteiger partial charge >= 0.3 is 13.3 Å². The van der Waals surface area contributed by atoms with Crippen LogP contribution in [0.5, 0.6) is 5.88 Å². The van der Waals surface area contributed by atoms with Gasteiger partial charge in [0.05, 0.1) is 6.61 Å². The molecule has 0 radical (unpaired) electrons. The van der Waals surface area contributed by atoms with Crippen LogP contribution in [0.2, 0.25) is 0 Å². The topological polar surface area (TPSA) is 223 Å². The summed E-state index contributed by atoms with van der Waals surface area (Å²) < 4.78 is 21.8. The molecule has 1 aliphatic rings. The molecule has 1 unspecified atom stereocenters. The minimum absolute atomic E-state index is 0.720. The van der Waals surface area contributed by atoms with E-state index in [0.717, 1.165) is 16.8 Å². The molecule has 142 valence electrons. The van der Waals surface area contributed by atoms with E-state index in [1.54, 1.807) is 0 Å². The number of nitrogens with zero attached hydrogens (tertiary/aromatic N) is 2. The zero-order chi connectivity index (χ0) is 19.0. The largest absolute Gasteiger partial charge is 0.858 e. The average Bonchev–Trinajstić information content (AvgIpc) is 2.71. The number of hydrogen-bond donors (Lipinski definition) is 3. The molecule has 13 nitrogen and oxygen atoms in total. The summed E-state index contributed by atoms with van der Waals surface area (Å²) in [6.07, 6.45) is -5.25. The van der Waals surface area contributed by atoms with E-state index in [4.69, 9.17) is 4.74 Å². The van der Waals surface area contributed by atoms with Gasteiger partial charge in [0, 0.05) is 6.20 Å². The number of aromatic nitrogens is 2. The second kappa shape index (κ2) is 7.33. The molecule has 1 aliphatic heterocycles. The van der Waals surface area contributed by atoms with Crippen LogP contribution in [0.15, 0.2) is 17.1 Å². The lowest BCUT2D eigenvalue weighted by atomic mass is 10.1. The Hall–Kier alpha value is -0.980. The van der Waals surface area contributed by atoms with Crippen molar-refractivity contribution in [2.24, 2.45) is 0 Å². The summed E-state index contributed by atoms with van der Waals surface area (Å²) >= 11 is 0. The van der Waals surface area contributed by atoms with Crippen molar-refractivity contribution in [3.8, 4) is 5.88 Å². The van der Waals surface area contributed by atoms with E-state index in [0.29, 0.717) is 0 Å². The molecule has 0 bridgehead atoms. The first-order valence-corrected chi connectivity index (χ1v) is 10.1. The number of aliphatic hydroxyl groups is 2. The molecule has 3 N–H and O–H groups in total. The molecule has 2 rings (SSSR count). The highest BCUT2D eigenvalue weighted by Crippen LogP contribution is 2.53. The van der Waals surface area contributed by atoms with Crippen molar-refractivity contribution in [2.45, 2.75) is 24.5 Å². The van der Waals surface area contributed by atoms with Gasteiger partial charge in [-0.3, -0.25) is 9.13 Å². The molecule has 2 heterocycles. The fourth-order valence-corrected chi connectivity index (χ4v) is 4.59. The Balaban J connectivity index is 2.07. The monoisotopic (exact) mass is 399 g/mol. The average molecular weight is 399 g/mol. The van der Waals surface area contributed by atoms with Gasteiger partial charge in [0.15, 0.2) is 6.23 Å². The Kier molecular flexibility index (Phi) is 5.96. The summed E-state index contributed by atoms with van der Waals surface area (Å²) in [7, 11) is -10.1. The zero-order valence-corrected chi connectivity index (χ0v) is 14.1. The molecule has 0 aliphatic carbocycles. The van der Waals surface area contributed by atoms with Crippen LogP contribution in [0.25, 0.3) is 0 Å². The fraction of sp³-hybridized carbons (Fsp3) is 0.600. The van der Waals surface area contributed by atoms with E-state index in [1.807, 2.05) is 0 Å². The third kappa shape index (κ3) is 5.25. The number of aliphatic hydroxyl groups excluding tert-OH is 2. The van der Waals surface area contributed by atoms with Gasteiger partial charge in [0.25, 0.3) is 0 Å². The summed E-state index contributed by atoms with van der Waals surface area (Å²) in [6.45, 7) is -0.843. The lowest BCUT2D eigenvalue weighted by Gasteiger charge is -2.42. The van der Waals surface area contributed by atoms with Crippen molar-refractivity contribution in [3.05, 3.63) is 22.7 Å². The van der Waals surface area contributed by atoms with Gasteiger partial charge in [-0.15, -0.1) is 0 Å². The van der Waals surface area contributed by atoms with E-state index >= 15 is 0 Å². The van der Waals surface area contributed by atoms with E-state index in [-0.39, 0.29) is 0 Å². The maximum absolute atomic E-state index is 11.6. The molecule has 0 aromatic carbocycles. The highest BCUT2D eigenvalue weighted by molar-refractivity contribution is 7.71. The lowest BCUT2D eigenvalue weighted by molar-refractivity contribution is -0.426. The molecule has 0 spiro atoms. The summed E-state index contributed by atoms with van der Waals surface area (Å²) in [4.78, 5) is 55.6. The molecule has 1 fully saturated rings. The van der Waals surface area contributed by atoms with Crippen LogP contribution in [0.3, 0.4) is 0 Å². The normalized spacial score (nSPS) is 29.5. The SMILES string of the molecule is O=c1nc([O-])ccn1[C@@H]1O[C@H](COP(=O)(O)C[P+]([O-])([O-])[O-])[C@@H](O)[C@H]1O. The van der Waals surface area contributed by atoms with Crippen LogP contribution in [0.1, 0.15) is 6.23 Å². The van der Waals surface area contributed by atoms with Crippen molar-refractivity contribution in [1.29, 1.82) is 0 Å². The molecule has 0 saturated carbocycles. The van der Waals surface area contributed by atoms with Gasteiger partial charge in [0.2, 0.25) is 0 Å². The number of rotatable bonds is 6. The smallest absolute Gasteiger partial charge is 0.363 e. The van der Waals surface area contributed by atoms with Crippen molar-refractivity contribution in [2.75, 3.05) is 12.5 Å². The van der Waals surface area contributed by atoms with E-state index in [9.17, 15) is 44.3 Å². The Morgan fingerprint density at radius 1 is 1.36 bits per heavy atom. The predicted octanol–water partition coefficient (Wildman–Crippen LogP) is -5.06. The van der Waals surface area contributed by atoms with Gasteiger partial charge < -0.3 is 44.2 Å². The van der Waals surface area contributed by atoms with E-state index < -0.39 is 64.2 Å².